The molecule has 1 aliphatic rings. The maximum atomic E-state index is 12.4. The second-order valence-electron chi connectivity index (χ2n) is 5.49. The van der Waals surface area contributed by atoms with Gasteiger partial charge in [0.2, 0.25) is 5.91 Å². The number of hydrogen-bond donors (Lipinski definition) is 2. The third kappa shape index (κ3) is 2.41. The first-order valence-electron chi connectivity index (χ1n) is 6.29. The van der Waals surface area contributed by atoms with E-state index in [1.165, 1.54) is 0 Å². The van der Waals surface area contributed by atoms with Crippen LogP contribution < -0.4 is 11.5 Å². The van der Waals surface area contributed by atoms with Crippen molar-refractivity contribution in [1.82, 2.24) is 4.90 Å². The highest BCUT2D eigenvalue weighted by atomic mass is 16.2. The van der Waals surface area contributed by atoms with Crippen LogP contribution in [-0.2, 0) is 4.79 Å². The molecule has 1 atom stereocenters. The zero-order valence-corrected chi connectivity index (χ0v) is 11.3. The molecule has 1 unspecified atom stereocenters. The van der Waals surface area contributed by atoms with Gasteiger partial charge >= 0.3 is 0 Å². The van der Waals surface area contributed by atoms with Crippen LogP contribution in [0.15, 0.2) is 18.2 Å². The molecular formula is C14H19N3O2. The van der Waals surface area contributed by atoms with Crippen LogP contribution in [0, 0.1) is 12.3 Å². The van der Waals surface area contributed by atoms with Crippen molar-refractivity contribution in [2.45, 2.75) is 20.3 Å². The Hall–Kier alpha value is -2.04. The monoisotopic (exact) mass is 261 g/mol. The summed E-state index contributed by atoms with van der Waals surface area (Å²) in [7, 11) is 0. The first kappa shape index (κ1) is 13.4. The van der Waals surface area contributed by atoms with E-state index in [9.17, 15) is 9.59 Å². The number of primary amides is 1. The normalized spacial score (nSPS) is 22.5. The van der Waals surface area contributed by atoms with Gasteiger partial charge in [0.15, 0.2) is 0 Å². The van der Waals surface area contributed by atoms with E-state index in [0.29, 0.717) is 30.8 Å². The number of carbonyl (C=O) groups is 2. The predicted octanol–water partition coefficient (Wildman–Crippen LogP) is 0.915. The predicted molar refractivity (Wildman–Crippen MR) is 73.4 cm³/mol. The van der Waals surface area contributed by atoms with Gasteiger partial charge in [0.25, 0.3) is 5.91 Å². The van der Waals surface area contributed by atoms with Crippen LogP contribution in [0.25, 0.3) is 0 Å². The number of anilines is 1. The van der Waals surface area contributed by atoms with E-state index in [1.807, 2.05) is 13.0 Å². The molecular weight excluding hydrogens is 242 g/mol. The molecule has 0 saturated carbocycles. The lowest BCUT2D eigenvalue weighted by Gasteiger charge is -2.21. The second kappa shape index (κ2) is 4.57. The molecule has 1 fully saturated rings. The zero-order chi connectivity index (χ0) is 14.2. The molecule has 2 amide bonds. The van der Waals surface area contributed by atoms with E-state index < -0.39 is 5.41 Å². The quantitative estimate of drug-likeness (QED) is 0.775. The summed E-state index contributed by atoms with van der Waals surface area (Å²) < 4.78 is 0. The van der Waals surface area contributed by atoms with Crippen molar-refractivity contribution < 1.29 is 9.59 Å². The van der Waals surface area contributed by atoms with E-state index in [-0.39, 0.29) is 11.8 Å². The minimum atomic E-state index is -0.631. The molecule has 1 heterocycles. The average molecular weight is 261 g/mol. The van der Waals surface area contributed by atoms with Crippen molar-refractivity contribution >= 4 is 17.5 Å². The van der Waals surface area contributed by atoms with E-state index in [4.69, 9.17) is 11.5 Å². The summed E-state index contributed by atoms with van der Waals surface area (Å²) in [4.78, 5) is 25.5. The minimum Gasteiger partial charge on any atom is -0.398 e. The Labute approximate surface area is 112 Å². The summed E-state index contributed by atoms with van der Waals surface area (Å²) in [6.07, 6.45) is 0.597. The van der Waals surface area contributed by atoms with Gasteiger partial charge in [-0.1, -0.05) is 11.6 Å². The van der Waals surface area contributed by atoms with Crippen molar-refractivity contribution in [1.29, 1.82) is 0 Å². The van der Waals surface area contributed by atoms with Gasteiger partial charge in [0.1, 0.15) is 0 Å². The van der Waals surface area contributed by atoms with Crippen LogP contribution in [0.1, 0.15) is 29.3 Å². The van der Waals surface area contributed by atoms with Gasteiger partial charge in [-0.15, -0.1) is 0 Å². The average Bonchev–Trinajstić information content (AvgIpc) is 2.76. The lowest BCUT2D eigenvalue weighted by atomic mass is 9.89. The van der Waals surface area contributed by atoms with E-state index >= 15 is 0 Å². The molecule has 0 bridgehead atoms. The standard InChI is InChI=1S/C14H19N3O2/c1-9-3-4-11(15)10(7-9)12(18)17-6-5-14(2,8-17)13(16)19/h3-4,7H,5-6,8,15H2,1-2H3,(H2,16,19). The number of carbonyl (C=O) groups excluding carboxylic acids is 2. The Morgan fingerprint density at radius 3 is 2.63 bits per heavy atom. The third-order valence-electron chi connectivity index (χ3n) is 3.79. The fourth-order valence-electron chi connectivity index (χ4n) is 2.36. The van der Waals surface area contributed by atoms with Crippen molar-refractivity contribution in [3.05, 3.63) is 29.3 Å². The molecule has 0 aliphatic carbocycles. The minimum absolute atomic E-state index is 0.133. The Morgan fingerprint density at radius 1 is 1.37 bits per heavy atom. The maximum Gasteiger partial charge on any atom is 0.255 e. The molecule has 102 valence electrons. The SMILES string of the molecule is Cc1ccc(N)c(C(=O)N2CCC(C)(C(N)=O)C2)c1. The van der Waals surface area contributed by atoms with E-state index in [2.05, 4.69) is 0 Å². The molecule has 1 aliphatic heterocycles. The summed E-state index contributed by atoms with van der Waals surface area (Å²) >= 11 is 0. The first-order chi connectivity index (χ1) is 8.83. The molecule has 0 aromatic heterocycles. The summed E-state index contributed by atoms with van der Waals surface area (Å²) in [6, 6.07) is 5.37. The molecule has 1 saturated heterocycles. The lowest BCUT2D eigenvalue weighted by molar-refractivity contribution is -0.126. The van der Waals surface area contributed by atoms with Gasteiger partial charge in [0.05, 0.1) is 11.0 Å². The summed E-state index contributed by atoms with van der Waals surface area (Å²) in [5.41, 5.74) is 12.5. The maximum absolute atomic E-state index is 12.4. The van der Waals surface area contributed by atoms with Crippen molar-refractivity contribution in [3.63, 3.8) is 0 Å². The Balaban J connectivity index is 2.22. The molecule has 4 N–H and O–H groups in total. The van der Waals surface area contributed by atoms with Crippen molar-refractivity contribution in [2.75, 3.05) is 18.8 Å². The highest BCUT2D eigenvalue weighted by Crippen LogP contribution is 2.31. The summed E-state index contributed by atoms with van der Waals surface area (Å²) in [5, 5.41) is 0. The molecule has 5 heteroatoms. The largest absolute Gasteiger partial charge is 0.398 e. The topological polar surface area (TPSA) is 89.4 Å². The molecule has 0 radical (unpaired) electrons. The molecule has 5 nitrogen and oxygen atoms in total. The molecule has 1 aromatic carbocycles. The number of aryl methyl sites for hydroxylation is 1. The second-order valence-corrected chi connectivity index (χ2v) is 5.49. The third-order valence-corrected chi connectivity index (χ3v) is 3.79. The van der Waals surface area contributed by atoms with Gasteiger partial charge < -0.3 is 16.4 Å². The smallest absolute Gasteiger partial charge is 0.255 e. The van der Waals surface area contributed by atoms with E-state index in [0.717, 1.165) is 5.56 Å². The van der Waals surface area contributed by atoms with Crippen LogP contribution in [0.4, 0.5) is 5.69 Å². The number of rotatable bonds is 2. The zero-order valence-electron chi connectivity index (χ0n) is 11.3. The van der Waals surface area contributed by atoms with Crippen LogP contribution in [0.3, 0.4) is 0 Å². The highest BCUT2D eigenvalue weighted by molar-refractivity contribution is 6.00. The number of nitrogen functional groups attached to an aromatic ring is 1. The van der Waals surface area contributed by atoms with E-state index in [1.54, 1.807) is 24.0 Å². The molecule has 2 rings (SSSR count). The number of nitrogens with zero attached hydrogens (tertiary/aromatic N) is 1. The Kier molecular flexibility index (Phi) is 3.22. The lowest BCUT2D eigenvalue weighted by Crippen LogP contribution is -2.38. The molecule has 0 spiro atoms. The number of benzene rings is 1. The fourth-order valence-corrected chi connectivity index (χ4v) is 2.36. The van der Waals surface area contributed by atoms with Gasteiger partial charge in [-0.05, 0) is 32.4 Å². The molecule has 19 heavy (non-hydrogen) atoms. The van der Waals surface area contributed by atoms with Crippen LogP contribution in [0.5, 0.6) is 0 Å². The van der Waals surface area contributed by atoms with Gasteiger partial charge in [-0.2, -0.15) is 0 Å². The van der Waals surface area contributed by atoms with Gasteiger partial charge in [-0.25, -0.2) is 0 Å². The van der Waals surface area contributed by atoms with Crippen molar-refractivity contribution in [2.24, 2.45) is 11.1 Å². The number of hydrogen-bond acceptors (Lipinski definition) is 3. The number of likely N-dealkylation sites (tertiary alicyclic amines) is 1. The van der Waals surface area contributed by atoms with Gasteiger partial charge in [-0.3, -0.25) is 9.59 Å². The summed E-state index contributed by atoms with van der Waals surface area (Å²) in [6.45, 7) is 4.59. The fraction of sp³-hybridized carbons (Fsp3) is 0.429. The van der Waals surface area contributed by atoms with Gasteiger partial charge in [0, 0.05) is 18.8 Å². The van der Waals surface area contributed by atoms with Crippen LogP contribution in [-0.4, -0.2) is 29.8 Å². The Morgan fingerprint density at radius 2 is 2.05 bits per heavy atom. The summed E-state index contributed by atoms with van der Waals surface area (Å²) in [5.74, 6) is -0.494. The number of amides is 2. The molecule has 1 aromatic rings. The van der Waals surface area contributed by atoms with Crippen LogP contribution in [0.2, 0.25) is 0 Å². The van der Waals surface area contributed by atoms with Crippen molar-refractivity contribution in [3.8, 4) is 0 Å². The Bertz CT molecular complexity index is 541. The first-order valence-corrected chi connectivity index (χ1v) is 6.29. The highest BCUT2D eigenvalue weighted by Gasteiger charge is 2.41. The number of nitrogens with two attached hydrogens (primary N) is 2. The van der Waals surface area contributed by atoms with Crippen LogP contribution >= 0.6 is 0 Å².